The molecule has 1 fully saturated rings. The lowest BCUT2D eigenvalue weighted by Gasteiger charge is -2.06. The molecule has 0 aromatic carbocycles. The van der Waals surface area contributed by atoms with Crippen LogP contribution >= 0.6 is 21.6 Å². The number of nitrogens with zero attached hydrogens (tertiary/aromatic N) is 2. The predicted molar refractivity (Wildman–Crippen MR) is 78.8 cm³/mol. The van der Waals surface area contributed by atoms with Crippen LogP contribution in [0.5, 0.6) is 0 Å². The lowest BCUT2D eigenvalue weighted by molar-refractivity contribution is -0.116. The van der Waals surface area contributed by atoms with Crippen molar-refractivity contribution in [3.8, 4) is 0 Å². The molecule has 1 atom stereocenters. The second-order valence-electron chi connectivity index (χ2n) is 4.53. The number of carbonyl (C=O) groups excluding carboxylic acids is 1. The fourth-order valence-electron chi connectivity index (χ4n) is 1.93. The maximum atomic E-state index is 11.7. The van der Waals surface area contributed by atoms with E-state index >= 15 is 0 Å². The first-order chi connectivity index (χ1) is 8.74. The van der Waals surface area contributed by atoms with Gasteiger partial charge in [0.25, 0.3) is 0 Å². The molecule has 1 N–H and O–H groups in total. The average molecular weight is 285 g/mol. The average Bonchev–Trinajstić information content (AvgIpc) is 2.96. The standard InChI is InChI=1S/C12H19N3OS2/c1-15-9-10(8-13-15)14-12(16)5-3-2-4-11-6-7-17-18-11/h8-9,11H,2-7H2,1H3,(H,14,16)/t11-/m0/s1. The van der Waals surface area contributed by atoms with Gasteiger partial charge in [0.15, 0.2) is 0 Å². The first-order valence-electron chi connectivity index (χ1n) is 6.31. The zero-order valence-electron chi connectivity index (χ0n) is 10.6. The van der Waals surface area contributed by atoms with Crippen molar-refractivity contribution in [1.29, 1.82) is 0 Å². The van der Waals surface area contributed by atoms with E-state index in [4.69, 9.17) is 0 Å². The van der Waals surface area contributed by atoms with E-state index in [9.17, 15) is 4.79 Å². The van der Waals surface area contributed by atoms with Crippen LogP contribution in [0.4, 0.5) is 5.69 Å². The van der Waals surface area contributed by atoms with Crippen LogP contribution in [-0.2, 0) is 11.8 Å². The summed E-state index contributed by atoms with van der Waals surface area (Å²) in [5.74, 6) is 1.38. The summed E-state index contributed by atoms with van der Waals surface area (Å²) in [6, 6.07) is 0. The molecule has 0 saturated carbocycles. The molecule has 1 saturated heterocycles. The van der Waals surface area contributed by atoms with Gasteiger partial charge in [0.1, 0.15) is 0 Å². The highest BCUT2D eigenvalue weighted by Crippen LogP contribution is 2.39. The monoisotopic (exact) mass is 285 g/mol. The Bertz CT molecular complexity index is 388. The predicted octanol–water partition coefficient (Wildman–Crippen LogP) is 3.07. The van der Waals surface area contributed by atoms with E-state index in [2.05, 4.69) is 10.4 Å². The lowest BCUT2D eigenvalue weighted by Crippen LogP contribution is -2.10. The van der Waals surface area contributed by atoms with Gasteiger partial charge in [-0.3, -0.25) is 9.48 Å². The molecule has 100 valence electrons. The highest BCUT2D eigenvalue weighted by molar-refractivity contribution is 8.77. The second kappa shape index (κ2) is 7.09. The van der Waals surface area contributed by atoms with Crippen molar-refractivity contribution in [1.82, 2.24) is 9.78 Å². The summed E-state index contributed by atoms with van der Waals surface area (Å²) in [5, 5.41) is 7.69. The number of carbonyl (C=O) groups is 1. The van der Waals surface area contributed by atoms with Crippen LogP contribution in [0, 0.1) is 0 Å². The van der Waals surface area contributed by atoms with E-state index in [0.717, 1.165) is 23.8 Å². The van der Waals surface area contributed by atoms with Crippen molar-refractivity contribution in [2.24, 2.45) is 7.05 Å². The molecular weight excluding hydrogens is 266 g/mol. The third-order valence-electron chi connectivity index (χ3n) is 2.90. The Kier molecular flexibility index (Phi) is 5.44. The largest absolute Gasteiger partial charge is 0.323 e. The molecule has 18 heavy (non-hydrogen) atoms. The minimum Gasteiger partial charge on any atom is -0.323 e. The lowest BCUT2D eigenvalue weighted by atomic mass is 10.1. The van der Waals surface area contributed by atoms with Crippen molar-refractivity contribution in [2.45, 2.75) is 37.4 Å². The number of unbranched alkanes of at least 4 members (excludes halogenated alkanes) is 1. The van der Waals surface area contributed by atoms with Gasteiger partial charge >= 0.3 is 0 Å². The number of hydrogen-bond acceptors (Lipinski definition) is 4. The highest BCUT2D eigenvalue weighted by atomic mass is 33.1. The van der Waals surface area contributed by atoms with E-state index in [0.29, 0.717) is 6.42 Å². The van der Waals surface area contributed by atoms with E-state index in [1.807, 2.05) is 34.8 Å². The van der Waals surface area contributed by atoms with E-state index < -0.39 is 0 Å². The van der Waals surface area contributed by atoms with Gasteiger partial charge in [-0.25, -0.2) is 0 Å². The molecule has 0 spiro atoms. The molecule has 4 nitrogen and oxygen atoms in total. The maximum absolute atomic E-state index is 11.7. The second-order valence-corrected chi connectivity index (χ2v) is 7.31. The summed E-state index contributed by atoms with van der Waals surface area (Å²) in [7, 11) is 5.83. The van der Waals surface area contributed by atoms with Crippen LogP contribution < -0.4 is 5.32 Å². The van der Waals surface area contributed by atoms with Crippen molar-refractivity contribution < 1.29 is 4.79 Å². The van der Waals surface area contributed by atoms with E-state index in [-0.39, 0.29) is 5.91 Å². The summed E-state index contributed by atoms with van der Waals surface area (Å²) in [6.07, 6.45) is 8.80. The Balaban J connectivity index is 1.57. The Labute approximate surface area is 116 Å². The summed E-state index contributed by atoms with van der Waals surface area (Å²) in [6.45, 7) is 0. The van der Waals surface area contributed by atoms with Crippen LogP contribution in [0.25, 0.3) is 0 Å². The van der Waals surface area contributed by atoms with Gasteiger partial charge in [0.05, 0.1) is 11.9 Å². The minimum atomic E-state index is 0.0939. The number of anilines is 1. The molecule has 1 aliphatic rings. The molecule has 1 aromatic heterocycles. The molecule has 0 radical (unpaired) electrons. The maximum Gasteiger partial charge on any atom is 0.224 e. The normalized spacial score (nSPS) is 19.1. The smallest absolute Gasteiger partial charge is 0.224 e. The fraction of sp³-hybridized carbons (Fsp3) is 0.667. The number of amides is 1. The fourth-order valence-corrected chi connectivity index (χ4v) is 4.96. The Morgan fingerprint density at radius 3 is 3.17 bits per heavy atom. The molecule has 1 aromatic rings. The quantitative estimate of drug-likeness (QED) is 0.644. The van der Waals surface area contributed by atoms with Crippen LogP contribution in [0.2, 0.25) is 0 Å². The number of aryl methyl sites for hydroxylation is 1. The highest BCUT2D eigenvalue weighted by Gasteiger charge is 2.15. The van der Waals surface area contributed by atoms with Crippen molar-refractivity contribution >= 4 is 33.2 Å². The number of rotatable bonds is 6. The molecule has 6 heteroatoms. The van der Waals surface area contributed by atoms with Gasteiger partial charge in [0, 0.05) is 30.7 Å². The molecule has 2 heterocycles. The first kappa shape index (κ1) is 13.8. The molecule has 2 rings (SSSR count). The van der Waals surface area contributed by atoms with E-state index in [1.54, 1.807) is 10.9 Å². The SMILES string of the molecule is Cn1cc(NC(=O)CCCC[C@H]2CCSS2)cn1. The summed E-state index contributed by atoms with van der Waals surface area (Å²) < 4.78 is 1.69. The summed E-state index contributed by atoms with van der Waals surface area (Å²) in [4.78, 5) is 11.7. The molecule has 0 aliphatic carbocycles. The Morgan fingerprint density at radius 2 is 2.50 bits per heavy atom. The summed E-state index contributed by atoms with van der Waals surface area (Å²) >= 11 is 0. The van der Waals surface area contributed by atoms with E-state index in [1.165, 1.54) is 18.6 Å². The zero-order chi connectivity index (χ0) is 12.8. The van der Waals surface area contributed by atoms with Crippen molar-refractivity contribution in [3.05, 3.63) is 12.4 Å². The molecule has 1 amide bonds. The van der Waals surface area contributed by atoms with Gasteiger partial charge < -0.3 is 5.32 Å². The molecule has 0 unspecified atom stereocenters. The van der Waals surface area contributed by atoms with Gasteiger partial charge in [-0.15, -0.1) is 0 Å². The third-order valence-corrected chi connectivity index (χ3v) is 5.90. The van der Waals surface area contributed by atoms with Gasteiger partial charge in [-0.05, 0) is 19.3 Å². The zero-order valence-corrected chi connectivity index (χ0v) is 12.2. The van der Waals surface area contributed by atoms with Crippen LogP contribution in [0.1, 0.15) is 32.1 Å². The molecule has 1 aliphatic heterocycles. The van der Waals surface area contributed by atoms with Crippen molar-refractivity contribution in [2.75, 3.05) is 11.1 Å². The van der Waals surface area contributed by atoms with Crippen LogP contribution in [0.3, 0.4) is 0 Å². The minimum absolute atomic E-state index is 0.0939. The molecular formula is C12H19N3OS2. The molecule has 0 bridgehead atoms. The summed E-state index contributed by atoms with van der Waals surface area (Å²) in [5.41, 5.74) is 0.783. The first-order valence-corrected chi connectivity index (χ1v) is 8.69. The topological polar surface area (TPSA) is 46.9 Å². The number of hydrogen-bond donors (Lipinski definition) is 1. The Hall–Kier alpha value is -0.620. The van der Waals surface area contributed by atoms with Crippen LogP contribution in [0.15, 0.2) is 12.4 Å². The van der Waals surface area contributed by atoms with Crippen molar-refractivity contribution in [3.63, 3.8) is 0 Å². The van der Waals surface area contributed by atoms with Gasteiger partial charge in [-0.1, -0.05) is 28.0 Å². The number of aromatic nitrogens is 2. The van der Waals surface area contributed by atoms with Gasteiger partial charge in [-0.2, -0.15) is 5.10 Å². The number of nitrogens with one attached hydrogen (secondary N) is 1. The van der Waals surface area contributed by atoms with Gasteiger partial charge in [0.2, 0.25) is 5.91 Å². The Morgan fingerprint density at radius 1 is 1.61 bits per heavy atom. The third kappa shape index (κ3) is 4.57. The van der Waals surface area contributed by atoms with Crippen LogP contribution in [-0.4, -0.2) is 26.7 Å².